The lowest BCUT2D eigenvalue weighted by Gasteiger charge is -2.32. The van der Waals surface area contributed by atoms with Gasteiger partial charge in [-0.25, -0.2) is 0 Å². The fourth-order valence-corrected chi connectivity index (χ4v) is 5.99. The molecule has 5 heterocycles. The van der Waals surface area contributed by atoms with Gasteiger partial charge >= 0.3 is 0 Å². The lowest BCUT2D eigenvalue weighted by atomic mass is 9.95. The van der Waals surface area contributed by atoms with E-state index in [-0.39, 0.29) is 12.1 Å². The summed E-state index contributed by atoms with van der Waals surface area (Å²) in [6.45, 7) is 6.66. The fraction of sp³-hybridized carbons (Fsp3) is 0.348. The Morgan fingerprint density at radius 1 is 1.14 bits per heavy atom. The zero-order valence-corrected chi connectivity index (χ0v) is 17.8. The van der Waals surface area contributed by atoms with E-state index in [1.54, 1.807) is 0 Å². The highest BCUT2D eigenvalue weighted by atomic mass is 32.2. The first-order chi connectivity index (χ1) is 14.2. The summed E-state index contributed by atoms with van der Waals surface area (Å²) in [5.41, 5.74) is 5.95. The van der Waals surface area contributed by atoms with Gasteiger partial charge in [-0.2, -0.15) is 0 Å². The molecule has 0 spiro atoms. The molecule has 0 saturated carbocycles. The zero-order chi connectivity index (χ0) is 20.0. The average molecular weight is 404 g/mol. The van der Waals surface area contributed by atoms with E-state index in [4.69, 9.17) is 4.99 Å². The van der Waals surface area contributed by atoms with Gasteiger partial charge in [0.05, 0.1) is 23.6 Å². The topological polar surface area (TPSA) is 46.3 Å². The molecule has 2 aliphatic heterocycles. The first-order valence-electron chi connectivity index (χ1n) is 10.2. The summed E-state index contributed by atoms with van der Waals surface area (Å²) in [5, 5.41) is 1.17. The molecule has 0 radical (unpaired) electrons. The van der Waals surface area contributed by atoms with E-state index in [2.05, 4.69) is 64.5 Å². The maximum absolute atomic E-state index is 5.15. The van der Waals surface area contributed by atoms with Crippen molar-refractivity contribution in [2.45, 2.75) is 45.3 Å². The van der Waals surface area contributed by atoms with E-state index in [1.165, 1.54) is 22.1 Å². The monoisotopic (exact) mass is 403 g/mol. The van der Waals surface area contributed by atoms with Crippen LogP contribution in [0.2, 0.25) is 0 Å². The highest BCUT2D eigenvalue weighted by Crippen LogP contribution is 2.49. The third kappa shape index (κ3) is 2.97. The van der Waals surface area contributed by atoms with E-state index in [9.17, 15) is 0 Å². The highest BCUT2D eigenvalue weighted by molar-refractivity contribution is 8.14. The van der Waals surface area contributed by atoms with Gasteiger partial charge in [-0.15, -0.1) is 0 Å². The Balaban J connectivity index is 1.64. The van der Waals surface area contributed by atoms with Crippen LogP contribution in [0.25, 0.3) is 5.69 Å². The van der Waals surface area contributed by atoms with Crippen molar-refractivity contribution in [3.63, 3.8) is 0 Å². The van der Waals surface area contributed by atoms with Gasteiger partial charge in [0.15, 0.2) is 5.17 Å². The lowest BCUT2D eigenvalue weighted by molar-refractivity contribution is 0.254. The molecular formula is C23H25N5S. The van der Waals surface area contributed by atoms with E-state index in [0.717, 1.165) is 23.6 Å². The molecule has 0 aliphatic carbocycles. The van der Waals surface area contributed by atoms with E-state index < -0.39 is 0 Å². The Labute approximate surface area is 175 Å². The Bertz CT molecular complexity index is 1040. The number of aryl methyl sites for hydroxylation is 1. The van der Waals surface area contributed by atoms with Gasteiger partial charge in [0.1, 0.15) is 6.04 Å². The van der Waals surface area contributed by atoms with Crippen LogP contribution in [0.4, 0.5) is 0 Å². The molecular weight excluding hydrogens is 378 g/mol. The third-order valence-corrected chi connectivity index (χ3v) is 7.15. The highest BCUT2D eigenvalue weighted by Gasteiger charge is 2.46. The van der Waals surface area contributed by atoms with Crippen molar-refractivity contribution in [3.8, 4) is 5.69 Å². The SMILES string of the molecule is CC[C@H]1CSC2=N[C@@H](c3ccccn3)[C@@H](c3cc(C)n(-c4cccnc4)c3C)N21. The summed E-state index contributed by atoms with van der Waals surface area (Å²) in [7, 11) is 0. The molecule has 3 aromatic rings. The molecule has 29 heavy (non-hydrogen) atoms. The molecule has 2 aliphatic rings. The van der Waals surface area contributed by atoms with E-state index in [0.29, 0.717) is 6.04 Å². The maximum atomic E-state index is 5.15. The molecule has 148 valence electrons. The van der Waals surface area contributed by atoms with Crippen molar-refractivity contribution >= 4 is 16.9 Å². The van der Waals surface area contributed by atoms with Gasteiger partial charge in [-0.3, -0.25) is 15.0 Å². The average Bonchev–Trinajstić information content (AvgIpc) is 3.40. The number of hydrogen-bond acceptors (Lipinski definition) is 5. The Kier molecular flexibility index (Phi) is 4.66. The van der Waals surface area contributed by atoms with Crippen molar-refractivity contribution in [1.82, 2.24) is 19.4 Å². The molecule has 1 saturated heterocycles. The van der Waals surface area contributed by atoms with Gasteiger partial charge < -0.3 is 9.47 Å². The summed E-state index contributed by atoms with van der Waals surface area (Å²) in [4.78, 5) is 16.7. The van der Waals surface area contributed by atoms with Gasteiger partial charge in [-0.05, 0) is 56.2 Å². The molecule has 0 aromatic carbocycles. The quantitative estimate of drug-likeness (QED) is 0.624. The van der Waals surface area contributed by atoms with Crippen molar-refractivity contribution in [1.29, 1.82) is 0 Å². The van der Waals surface area contributed by atoms with Crippen LogP contribution in [0.3, 0.4) is 0 Å². The Hall–Kier alpha value is -2.60. The zero-order valence-electron chi connectivity index (χ0n) is 17.0. The summed E-state index contributed by atoms with van der Waals surface area (Å²) >= 11 is 1.89. The number of thioether (sulfide) groups is 1. The minimum absolute atomic E-state index is 0.0240. The maximum Gasteiger partial charge on any atom is 0.160 e. The fourth-order valence-electron chi connectivity index (χ4n) is 4.66. The predicted octanol–water partition coefficient (Wildman–Crippen LogP) is 4.86. The second kappa shape index (κ2) is 7.34. The smallest absolute Gasteiger partial charge is 0.160 e. The summed E-state index contributed by atoms with van der Waals surface area (Å²) < 4.78 is 2.31. The molecule has 5 rings (SSSR count). The number of amidine groups is 1. The lowest BCUT2D eigenvalue weighted by Crippen LogP contribution is -2.35. The molecule has 5 nitrogen and oxygen atoms in total. The normalized spacial score (nSPS) is 23.3. The second-order valence-corrected chi connectivity index (χ2v) is 8.70. The molecule has 0 N–H and O–H groups in total. The van der Waals surface area contributed by atoms with Crippen LogP contribution in [0.1, 0.15) is 48.1 Å². The number of nitrogens with zero attached hydrogens (tertiary/aromatic N) is 5. The standard InChI is InChI=1S/C23H25N5S/c1-4-17-14-29-23-26-21(20-9-5-6-11-25-20)22(28(17)23)19-12-15(2)27(16(19)3)18-8-7-10-24-13-18/h5-13,17,21-22H,4,14H2,1-3H3/t17-,21-,22+/m0/s1. The largest absolute Gasteiger partial charge is 0.338 e. The van der Waals surface area contributed by atoms with Gasteiger partial charge in [0, 0.05) is 35.6 Å². The van der Waals surface area contributed by atoms with Gasteiger partial charge in [0.25, 0.3) is 0 Å². The van der Waals surface area contributed by atoms with Crippen LogP contribution < -0.4 is 0 Å². The summed E-state index contributed by atoms with van der Waals surface area (Å²) in [5.74, 6) is 1.11. The summed E-state index contributed by atoms with van der Waals surface area (Å²) in [6.07, 6.45) is 6.75. The molecule has 6 heteroatoms. The van der Waals surface area contributed by atoms with Crippen LogP contribution in [-0.2, 0) is 0 Å². The third-order valence-electron chi connectivity index (χ3n) is 6.02. The molecule has 3 aromatic heterocycles. The van der Waals surface area contributed by atoms with Crippen LogP contribution in [0.15, 0.2) is 60.0 Å². The van der Waals surface area contributed by atoms with Gasteiger partial charge in [0.2, 0.25) is 0 Å². The molecule has 0 bridgehead atoms. The Morgan fingerprint density at radius 3 is 2.76 bits per heavy atom. The van der Waals surface area contributed by atoms with Crippen LogP contribution in [0.5, 0.6) is 0 Å². The molecule has 0 unspecified atom stereocenters. The number of hydrogen-bond donors (Lipinski definition) is 0. The number of pyridine rings is 2. The minimum Gasteiger partial charge on any atom is -0.338 e. The molecule has 3 atom stereocenters. The number of fused-ring (bicyclic) bond motifs is 1. The van der Waals surface area contributed by atoms with E-state index in [1.807, 2.05) is 42.5 Å². The second-order valence-electron chi connectivity index (χ2n) is 7.71. The first kappa shape index (κ1) is 18.4. The number of aliphatic imine (C=N–C) groups is 1. The number of rotatable bonds is 4. The first-order valence-corrected chi connectivity index (χ1v) is 11.2. The summed E-state index contributed by atoms with van der Waals surface area (Å²) in [6, 6.07) is 13.3. The van der Waals surface area contributed by atoms with Crippen LogP contribution >= 0.6 is 11.8 Å². The minimum atomic E-state index is 0.0240. The molecule has 1 fully saturated rings. The van der Waals surface area contributed by atoms with Crippen molar-refractivity contribution < 1.29 is 0 Å². The van der Waals surface area contributed by atoms with Crippen LogP contribution in [0, 0.1) is 13.8 Å². The predicted molar refractivity (Wildman–Crippen MR) is 119 cm³/mol. The van der Waals surface area contributed by atoms with E-state index >= 15 is 0 Å². The molecule has 0 amide bonds. The van der Waals surface area contributed by atoms with Crippen molar-refractivity contribution in [2.24, 2.45) is 4.99 Å². The number of aromatic nitrogens is 3. The van der Waals surface area contributed by atoms with Crippen molar-refractivity contribution in [3.05, 3.63) is 77.6 Å². The Morgan fingerprint density at radius 2 is 2.03 bits per heavy atom. The van der Waals surface area contributed by atoms with Crippen LogP contribution in [-0.4, -0.2) is 36.4 Å². The van der Waals surface area contributed by atoms with Crippen molar-refractivity contribution in [2.75, 3.05) is 5.75 Å². The van der Waals surface area contributed by atoms with Gasteiger partial charge in [-0.1, -0.05) is 24.8 Å².